The maximum atomic E-state index is 2.20. The lowest BCUT2D eigenvalue weighted by Gasteiger charge is -1.47. The molecule has 24 valence electrons. The molecular weight excluding hydrogens is 88.2 g/mol. The maximum absolute atomic E-state index is 2.20. The molecule has 1 aliphatic heterocycles. The van der Waals surface area contributed by atoms with Crippen LogP contribution in [-0.2, 0) is 0 Å². The second kappa shape index (κ2) is 0.830. The van der Waals surface area contributed by atoms with Crippen molar-refractivity contribution in [2.45, 2.75) is 11.5 Å². The van der Waals surface area contributed by atoms with E-state index in [1.54, 1.807) is 0 Å². The van der Waals surface area contributed by atoms with E-state index in [0.717, 1.165) is 4.58 Å². The van der Waals surface area contributed by atoms with Crippen molar-refractivity contribution in [1.82, 2.24) is 0 Å². The number of hydrogen-bond donors (Lipinski definition) is 0. The minimum atomic E-state index is 0.917. The normalized spacial score (nSPS) is 26.2. The average molecular weight is 92.2 g/mol. The van der Waals surface area contributed by atoms with Crippen molar-refractivity contribution < 1.29 is 0 Å². The Kier molecular flexibility index (Phi) is 0.605. The Labute approximate surface area is 33.7 Å². The summed E-state index contributed by atoms with van der Waals surface area (Å²) in [7, 11) is 3.88. The third-order valence-corrected chi connectivity index (χ3v) is 2.60. The van der Waals surface area contributed by atoms with Gasteiger partial charge in [-0.2, -0.15) is 0 Å². The first-order valence-corrected chi connectivity index (χ1v) is 3.49. The van der Waals surface area contributed by atoms with Crippen molar-refractivity contribution in [2.24, 2.45) is 0 Å². The van der Waals surface area contributed by atoms with Gasteiger partial charge in [-0.05, 0) is 6.92 Å². The lowest BCUT2D eigenvalue weighted by Crippen LogP contribution is -1.47. The molecule has 0 atom stereocenters. The Bertz CT molecular complexity index is 23.2. The largest absolute Gasteiger partial charge is 0.0780 e. The highest BCUT2D eigenvalue weighted by molar-refractivity contribution is 8.92. The molecule has 0 amide bonds. The lowest BCUT2D eigenvalue weighted by atomic mass is 11.0. The third kappa shape index (κ3) is 0.570. The predicted octanol–water partition coefficient (Wildman–Crippen LogP) is 1.73. The van der Waals surface area contributed by atoms with E-state index in [-0.39, 0.29) is 0 Å². The molecular formula is C2H4S2. The molecule has 0 N–H and O–H groups in total. The van der Waals surface area contributed by atoms with Crippen molar-refractivity contribution >= 4 is 21.6 Å². The van der Waals surface area contributed by atoms with Gasteiger partial charge in [0, 0.05) is 0 Å². The summed E-state index contributed by atoms with van der Waals surface area (Å²) in [4.78, 5) is 0. The fourth-order valence-corrected chi connectivity index (χ4v) is 0.500. The molecule has 0 aromatic heterocycles. The Morgan fingerprint density at radius 3 is 1.75 bits per heavy atom. The minimum Gasteiger partial charge on any atom is -0.0780 e. The lowest BCUT2D eigenvalue weighted by molar-refractivity contribution is 1.48. The van der Waals surface area contributed by atoms with Crippen molar-refractivity contribution in [2.75, 3.05) is 0 Å². The fraction of sp³-hybridized carbons (Fsp3) is 1.00. The van der Waals surface area contributed by atoms with Crippen LogP contribution in [0.3, 0.4) is 0 Å². The van der Waals surface area contributed by atoms with Crippen molar-refractivity contribution in [3.05, 3.63) is 0 Å². The van der Waals surface area contributed by atoms with Gasteiger partial charge in [0.25, 0.3) is 0 Å². The summed E-state index contributed by atoms with van der Waals surface area (Å²) in [5, 5.41) is 0. The fourth-order valence-electron chi connectivity index (χ4n) is 0.0556. The summed E-state index contributed by atoms with van der Waals surface area (Å²) in [6.07, 6.45) is 0. The van der Waals surface area contributed by atoms with Gasteiger partial charge in [-0.15, -0.1) is 0 Å². The van der Waals surface area contributed by atoms with Gasteiger partial charge in [-0.3, -0.25) is 0 Å². The first-order chi connectivity index (χ1) is 1.89. The topological polar surface area (TPSA) is 0 Å². The van der Waals surface area contributed by atoms with E-state index < -0.39 is 0 Å². The van der Waals surface area contributed by atoms with Crippen LogP contribution in [-0.4, -0.2) is 4.58 Å². The molecule has 1 fully saturated rings. The Morgan fingerprint density at radius 1 is 1.50 bits per heavy atom. The summed E-state index contributed by atoms with van der Waals surface area (Å²) in [6, 6.07) is 0. The molecule has 0 aromatic rings. The monoisotopic (exact) mass is 92.0 g/mol. The summed E-state index contributed by atoms with van der Waals surface area (Å²) in [6.45, 7) is 2.20. The molecule has 1 heterocycles. The van der Waals surface area contributed by atoms with E-state index in [1.165, 1.54) is 0 Å². The summed E-state index contributed by atoms with van der Waals surface area (Å²) in [5.41, 5.74) is 0. The van der Waals surface area contributed by atoms with E-state index >= 15 is 0 Å². The number of rotatable bonds is 0. The van der Waals surface area contributed by atoms with E-state index in [4.69, 9.17) is 0 Å². The van der Waals surface area contributed by atoms with Gasteiger partial charge in [0.05, 0.1) is 4.58 Å². The minimum absolute atomic E-state index is 0.917. The van der Waals surface area contributed by atoms with Crippen LogP contribution in [0.5, 0.6) is 0 Å². The molecule has 0 spiro atoms. The van der Waals surface area contributed by atoms with Gasteiger partial charge in [-0.1, -0.05) is 21.6 Å². The molecule has 4 heavy (non-hydrogen) atoms. The highest BCUT2D eigenvalue weighted by Crippen LogP contribution is 2.52. The van der Waals surface area contributed by atoms with Crippen LogP contribution >= 0.6 is 21.6 Å². The molecule has 1 rings (SSSR count). The molecule has 1 saturated heterocycles. The maximum Gasteiger partial charge on any atom is 0.0682 e. The average Bonchev–Trinajstić information content (AvgIpc) is 1.75. The quantitative estimate of drug-likeness (QED) is 0.329. The van der Waals surface area contributed by atoms with Crippen LogP contribution in [0.4, 0.5) is 0 Å². The highest BCUT2D eigenvalue weighted by atomic mass is 33.2. The van der Waals surface area contributed by atoms with Gasteiger partial charge < -0.3 is 0 Å². The molecule has 1 aliphatic rings. The van der Waals surface area contributed by atoms with Crippen LogP contribution < -0.4 is 0 Å². The van der Waals surface area contributed by atoms with E-state index in [2.05, 4.69) is 6.92 Å². The van der Waals surface area contributed by atoms with Gasteiger partial charge in [0.2, 0.25) is 0 Å². The summed E-state index contributed by atoms with van der Waals surface area (Å²) < 4.78 is 0.917. The predicted molar refractivity (Wildman–Crippen MR) is 24.6 cm³/mol. The van der Waals surface area contributed by atoms with Crippen LogP contribution in [0.2, 0.25) is 0 Å². The van der Waals surface area contributed by atoms with E-state index in [1.807, 2.05) is 21.6 Å². The molecule has 0 bridgehead atoms. The first-order valence-electron chi connectivity index (χ1n) is 1.22. The van der Waals surface area contributed by atoms with Crippen LogP contribution in [0.25, 0.3) is 0 Å². The third-order valence-electron chi connectivity index (χ3n) is 0.289. The van der Waals surface area contributed by atoms with Crippen LogP contribution in [0.15, 0.2) is 0 Å². The van der Waals surface area contributed by atoms with Crippen molar-refractivity contribution in [3.63, 3.8) is 0 Å². The Morgan fingerprint density at radius 2 is 1.75 bits per heavy atom. The molecule has 2 heteroatoms. The first kappa shape index (κ1) is 2.91. The molecule has 0 saturated carbocycles. The second-order valence-electron chi connectivity index (χ2n) is 0.760. The van der Waals surface area contributed by atoms with Crippen molar-refractivity contribution in [1.29, 1.82) is 0 Å². The van der Waals surface area contributed by atoms with E-state index in [9.17, 15) is 0 Å². The highest BCUT2D eigenvalue weighted by Gasteiger charge is 2.15. The molecule has 0 radical (unpaired) electrons. The molecule has 0 unspecified atom stereocenters. The Balaban J connectivity index is 2.17. The molecule has 0 nitrogen and oxygen atoms in total. The zero-order valence-corrected chi connectivity index (χ0v) is 4.03. The SMILES string of the molecule is CC1SS1. The number of hydrogen-bond acceptors (Lipinski definition) is 2. The Hall–Kier alpha value is 0.700. The summed E-state index contributed by atoms with van der Waals surface area (Å²) >= 11 is 0. The zero-order chi connectivity index (χ0) is 2.99. The van der Waals surface area contributed by atoms with Crippen LogP contribution in [0.1, 0.15) is 6.92 Å². The van der Waals surface area contributed by atoms with Gasteiger partial charge in [0.1, 0.15) is 0 Å². The zero-order valence-electron chi connectivity index (χ0n) is 2.39. The van der Waals surface area contributed by atoms with Crippen LogP contribution in [0, 0.1) is 0 Å². The molecule has 0 aliphatic carbocycles. The standard InChI is InChI=1S/C2H4S2/c1-2-3-4-2/h2H,1H3. The van der Waals surface area contributed by atoms with E-state index in [0.29, 0.717) is 0 Å². The summed E-state index contributed by atoms with van der Waals surface area (Å²) in [5.74, 6) is 0. The van der Waals surface area contributed by atoms with Crippen molar-refractivity contribution in [3.8, 4) is 0 Å². The van der Waals surface area contributed by atoms with Gasteiger partial charge in [-0.25, -0.2) is 0 Å². The molecule has 0 aromatic carbocycles. The second-order valence-corrected chi connectivity index (χ2v) is 4.01. The van der Waals surface area contributed by atoms with Gasteiger partial charge in [0.15, 0.2) is 0 Å². The van der Waals surface area contributed by atoms with Gasteiger partial charge >= 0.3 is 0 Å². The smallest absolute Gasteiger partial charge is 0.0682 e.